The number of anilines is 1. The lowest BCUT2D eigenvalue weighted by Gasteiger charge is -2.27. The number of alkyl halides is 3. The van der Waals surface area contributed by atoms with E-state index in [1.807, 2.05) is 0 Å². The van der Waals surface area contributed by atoms with Gasteiger partial charge in [-0.05, 0) is 62.8 Å². The Labute approximate surface area is 144 Å². The smallest absolute Gasteiger partial charge is 0.353 e. The molecule has 2 fully saturated rings. The molecule has 25 heavy (non-hydrogen) atoms. The van der Waals surface area contributed by atoms with Crippen molar-refractivity contribution in [2.45, 2.75) is 50.7 Å². The second kappa shape index (κ2) is 7.06. The predicted octanol–water partition coefficient (Wildman–Crippen LogP) is 3.73. The lowest BCUT2D eigenvalue weighted by atomic mass is 9.81. The highest BCUT2D eigenvalue weighted by Gasteiger charge is 2.33. The van der Waals surface area contributed by atoms with Gasteiger partial charge >= 0.3 is 6.18 Å². The summed E-state index contributed by atoms with van der Waals surface area (Å²) in [6.07, 6.45) is 0.299. The maximum absolute atomic E-state index is 12.5. The molecule has 136 valence electrons. The molecule has 2 aliphatic carbocycles. The summed E-state index contributed by atoms with van der Waals surface area (Å²) < 4.78 is 37.6. The molecule has 3 rings (SSSR count). The molecule has 1 aromatic carbocycles. The molecule has 0 aliphatic heterocycles. The van der Waals surface area contributed by atoms with Crippen molar-refractivity contribution in [1.82, 2.24) is 5.32 Å². The Kier molecular flexibility index (Phi) is 5.01. The van der Waals surface area contributed by atoms with E-state index in [9.17, 15) is 22.8 Å². The Bertz CT molecular complexity index is 631. The largest absolute Gasteiger partial charge is 0.416 e. The van der Waals surface area contributed by atoms with Crippen LogP contribution in [0.4, 0.5) is 18.9 Å². The Morgan fingerprint density at radius 2 is 1.36 bits per heavy atom. The number of hydrogen-bond acceptors (Lipinski definition) is 2. The summed E-state index contributed by atoms with van der Waals surface area (Å²) in [5, 5.41) is 5.66. The zero-order chi connectivity index (χ0) is 18.0. The topological polar surface area (TPSA) is 58.2 Å². The van der Waals surface area contributed by atoms with E-state index in [0.29, 0.717) is 37.4 Å². The molecular weight excluding hydrogens is 333 g/mol. The summed E-state index contributed by atoms with van der Waals surface area (Å²) >= 11 is 0. The quantitative estimate of drug-likeness (QED) is 0.866. The molecule has 2 aliphatic rings. The Morgan fingerprint density at radius 1 is 0.840 bits per heavy atom. The van der Waals surface area contributed by atoms with Gasteiger partial charge < -0.3 is 10.6 Å². The third-order valence-corrected chi connectivity index (χ3v) is 4.87. The van der Waals surface area contributed by atoms with Crippen LogP contribution < -0.4 is 10.6 Å². The van der Waals surface area contributed by atoms with Gasteiger partial charge in [0.15, 0.2) is 0 Å². The monoisotopic (exact) mass is 354 g/mol. The second-order valence-electron chi connectivity index (χ2n) is 6.90. The Balaban J connectivity index is 1.48. The van der Waals surface area contributed by atoms with Crippen LogP contribution in [0, 0.1) is 11.8 Å². The molecule has 0 aromatic heterocycles. The van der Waals surface area contributed by atoms with Crippen LogP contribution in [0.5, 0.6) is 0 Å². The van der Waals surface area contributed by atoms with E-state index in [0.717, 1.165) is 25.0 Å². The summed E-state index contributed by atoms with van der Waals surface area (Å²) in [5.74, 6) is -0.340. The fraction of sp³-hybridized carbons (Fsp3) is 0.556. The first-order chi connectivity index (χ1) is 11.8. The average molecular weight is 354 g/mol. The van der Waals surface area contributed by atoms with Crippen molar-refractivity contribution < 1.29 is 22.8 Å². The van der Waals surface area contributed by atoms with E-state index in [1.54, 1.807) is 0 Å². The third kappa shape index (κ3) is 4.74. The average Bonchev–Trinajstić information content (AvgIpc) is 3.38. The van der Waals surface area contributed by atoms with Crippen molar-refractivity contribution in [2.75, 3.05) is 5.32 Å². The van der Waals surface area contributed by atoms with Crippen LogP contribution in [0.15, 0.2) is 24.3 Å². The van der Waals surface area contributed by atoms with E-state index < -0.39 is 11.7 Å². The first-order valence-electron chi connectivity index (χ1n) is 8.61. The Morgan fingerprint density at radius 3 is 1.84 bits per heavy atom. The van der Waals surface area contributed by atoms with Gasteiger partial charge in [0.05, 0.1) is 5.56 Å². The molecule has 0 atom stereocenters. The van der Waals surface area contributed by atoms with Gasteiger partial charge in [0, 0.05) is 23.6 Å². The molecule has 0 unspecified atom stereocenters. The first kappa shape index (κ1) is 17.8. The van der Waals surface area contributed by atoms with Crippen LogP contribution in [0.1, 0.15) is 44.1 Å². The number of carbonyl (C=O) groups excluding carboxylic acids is 2. The van der Waals surface area contributed by atoms with Gasteiger partial charge in [0.25, 0.3) is 0 Å². The van der Waals surface area contributed by atoms with Crippen molar-refractivity contribution in [1.29, 1.82) is 0 Å². The lowest BCUT2D eigenvalue weighted by Crippen LogP contribution is -2.36. The van der Waals surface area contributed by atoms with Crippen molar-refractivity contribution in [2.24, 2.45) is 11.8 Å². The highest BCUT2D eigenvalue weighted by atomic mass is 19.4. The number of carbonyl (C=O) groups is 2. The normalized spacial score (nSPS) is 23.8. The Hall–Kier alpha value is -2.05. The molecule has 7 heteroatoms. The van der Waals surface area contributed by atoms with Crippen molar-refractivity contribution in [3.63, 3.8) is 0 Å². The fourth-order valence-electron chi connectivity index (χ4n) is 3.15. The minimum Gasteiger partial charge on any atom is -0.353 e. The van der Waals surface area contributed by atoms with Gasteiger partial charge in [-0.25, -0.2) is 0 Å². The van der Waals surface area contributed by atoms with Crippen LogP contribution >= 0.6 is 0 Å². The zero-order valence-electron chi connectivity index (χ0n) is 13.7. The molecule has 0 spiro atoms. The van der Waals surface area contributed by atoms with Crippen molar-refractivity contribution in [3.8, 4) is 0 Å². The third-order valence-electron chi connectivity index (χ3n) is 4.87. The molecule has 0 heterocycles. The van der Waals surface area contributed by atoms with Crippen molar-refractivity contribution in [3.05, 3.63) is 29.8 Å². The van der Waals surface area contributed by atoms with Crippen LogP contribution in [0.25, 0.3) is 0 Å². The zero-order valence-corrected chi connectivity index (χ0v) is 13.7. The van der Waals surface area contributed by atoms with Crippen molar-refractivity contribution >= 4 is 17.5 Å². The summed E-state index contributed by atoms with van der Waals surface area (Å²) in [6, 6.07) is 4.77. The highest BCUT2D eigenvalue weighted by molar-refractivity contribution is 5.92. The highest BCUT2D eigenvalue weighted by Crippen LogP contribution is 2.32. The van der Waals surface area contributed by atoms with Gasteiger partial charge in [0.1, 0.15) is 0 Å². The SMILES string of the molecule is O=C(Nc1ccc(C(F)(F)F)cc1)C1CCC(C(=O)NC2CC2)CC1. The number of amides is 2. The predicted molar refractivity (Wildman–Crippen MR) is 86.7 cm³/mol. The summed E-state index contributed by atoms with van der Waals surface area (Å²) in [5.41, 5.74) is -0.390. The van der Waals surface area contributed by atoms with E-state index >= 15 is 0 Å². The maximum atomic E-state index is 12.5. The van der Waals surface area contributed by atoms with E-state index in [4.69, 9.17) is 0 Å². The van der Waals surface area contributed by atoms with E-state index in [2.05, 4.69) is 10.6 Å². The number of nitrogens with one attached hydrogen (secondary N) is 2. The van der Waals surface area contributed by atoms with E-state index in [1.165, 1.54) is 12.1 Å². The van der Waals surface area contributed by atoms with E-state index in [-0.39, 0.29) is 23.7 Å². The summed E-state index contributed by atoms with van der Waals surface area (Å²) in [7, 11) is 0. The molecule has 0 radical (unpaired) electrons. The number of halogens is 3. The molecule has 2 amide bonds. The molecule has 2 saturated carbocycles. The lowest BCUT2D eigenvalue weighted by molar-refractivity contribution is -0.137. The second-order valence-corrected chi connectivity index (χ2v) is 6.90. The molecule has 0 saturated heterocycles. The number of rotatable bonds is 4. The summed E-state index contributed by atoms with van der Waals surface area (Å²) in [6.45, 7) is 0. The number of hydrogen-bond donors (Lipinski definition) is 2. The van der Waals surface area contributed by atoms with Gasteiger partial charge in [-0.3, -0.25) is 9.59 Å². The van der Waals surface area contributed by atoms with Gasteiger partial charge in [0.2, 0.25) is 11.8 Å². The van der Waals surface area contributed by atoms with Gasteiger partial charge in [-0.1, -0.05) is 0 Å². The number of benzene rings is 1. The maximum Gasteiger partial charge on any atom is 0.416 e. The van der Waals surface area contributed by atoms with Crippen LogP contribution in [0.2, 0.25) is 0 Å². The molecule has 1 aromatic rings. The minimum absolute atomic E-state index is 0.0317. The first-order valence-corrected chi connectivity index (χ1v) is 8.61. The van der Waals surface area contributed by atoms with Gasteiger partial charge in [-0.2, -0.15) is 13.2 Å². The standard InChI is InChI=1S/C18H21F3N2O2/c19-18(20,21)13-5-7-14(8-6-13)22-16(24)11-1-3-12(4-2-11)17(25)23-15-9-10-15/h5-8,11-12,15H,1-4,9-10H2,(H,22,24)(H,23,25). The molecule has 2 N–H and O–H groups in total. The van der Waals surface area contributed by atoms with Crippen LogP contribution in [-0.4, -0.2) is 17.9 Å². The van der Waals surface area contributed by atoms with Gasteiger partial charge in [-0.15, -0.1) is 0 Å². The molecular formula is C18H21F3N2O2. The van der Waals surface area contributed by atoms with Crippen LogP contribution in [0.3, 0.4) is 0 Å². The summed E-state index contributed by atoms with van der Waals surface area (Å²) in [4.78, 5) is 24.3. The molecule has 4 nitrogen and oxygen atoms in total. The van der Waals surface area contributed by atoms with Crippen LogP contribution in [-0.2, 0) is 15.8 Å². The fourth-order valence-corrected chi connectivity index (χ4v) is 3.15. The molecule has 0 bridgehead atoms. The minimum atomic E-state index is -4.39.